The van der Waals surface area contributed by atoms with Gasteiger partial charge in [0.05, 0.1) is 13.3 Å². The lowest BCUT2D eigenvalue weighted by molar-refractivity contribution is -0.120. The van der Waals surface area contributed by atoms with Crippen LogP contribution in [-0.2, 0) is 11.2 Å². The molecule has 1 amide bonds. The number of H-pyrrole nitrogens is 1. The van der Waals surface area contributed by atoms with Crippen molar-refractivity contribution in [2.45, 2.75) is 12.8 Å². The van der Waals surface area contributed by atoms with Crippen molar-refractivity contribution in [3.8, 4) is 22.6 Å². The number of methoxy groups -OCH3 is 1. The average molecular weight is 453 g/mol. The number of nitrogens with zero attached hydrogens (tertiary/aromatic N) is 3. The first-order valence-corrected chi connectivity index (χ1v) is 11.0. The highest BCUT2D eigenvalue weighted by atomic mass is 19.1. The summed E-state index contributed by atoms with van der Waals surface area (Å²) in [6.45, 7) is 1.94. The molecule has 0 aliphatic carbocycles. The highest BCUT2D eigenvalue weighted by Gasteiger charge is 2.33. The van der Waals surface area contributed by atoms with Crippen molar-refractivity contribution < 1.29 is 18.7 Å². The van der Waals surface area contributed by atoms with Crippen molar-refractivity contribution >= 4 is 11.6 Å². The molecule has 0 bridgehead atoms. The smallest absolute Gasteiger partial charge is 0.230 e. The van der Waals surface area contributed by atoms with Gasteiger partial charge in [0.1, 0.15) is 12.4 Å². The van der Waals surface area contributed by atoms with E-state index >= 15 is 0 Å². The van der Waals surface area contributed by atoms with Gasteiger partial charge in [-0.3, -0.25) is 9.89 Å². The van der Waals surface area contributed by atoms with E-state index in [0.717, 1.165) is 41.1 Å². The van der Waals surface area contributed by atoms with Crippen LogP contribution < -0.4 is 14.4 Å². The Kier molecular flexibility index (Phi) is 6.93. The predicted molar refractivity (Wildman–Crippen MR) is 125 cm³/mol. The Labute approximate surface area is 193 Å². The second-order valence-electron chi connectivity index (χ2n) is 8.47. The Balaban J connectivity index is 1.53. The van der Waals surface area contributed by atoms with Crippen LogP contribution in [0.4, 0.5) is 10.1 Å². The van der Waals surface area contributed by atoms with Crippen LogP contribution in [-0.4, -0.2) is 61.9 Å². The summed E-state index contributed by atoms with van der Waals surface area (Å²) in [4.78, 5) is 17.1. The molecule has 3 aromatic rings. The SMILES string of the molecule is COc1cc(CC2CCN(c3ccc(-c4cn[nH]c4)c(OCCN(C)C)c3)C2=O)ccc1F. The number of likely N-dealkylation sites (N-methyl/N-ethyl adjacent to an activating group) is 1. The van der Waals surface area contributed by atoms with Crippen molar-refractivity contribution in [1.29, 1.82) is 0 Å². The Hall–Kier alpha value is -3.39. The van der Waals surface area contributed by atoms with E-state index < -0.39 is 5.82 Å². The number of carbonyl (C=O) groups is 1. The minimum Gasteiger partial charge on any atom is -0.494 e. The Morgan fingerprint density at radius 2 is 2.06 bits per heavy atom. The van der Waals surface area contributed by atoms with Gasteiger partial charge in [-0.05, 0) is 56.8 Å². The number of carbonyl (C=O) groups excluding carboxylic acids is 1. The summed E-state index contributed by atoms with van der Waals surface area (Å²) in [5.74, 6) is 0.417. The monoisotopic (exact) mass is 452 g/mol. The molecule has 1 aromatic heterocycles. The molecule has 1 aliphatic heterocycles. The number of rotatable bonds is 9. The molecule has 1 fully saturated rings. The Bertz CT molecular complexity index is 1100. The minimum absolute atomic E-state index is 0.0635. The lowest BCUT2D eigenvalue weighted by Crippen LogP contribution is -2.27. The third kappa shape index (κ3) is 5.17. The molecule has 2 heterocycles. The summed E-state index contributed by atoms with van der Waals surface area (Å²) in [5, 5.41) is 6.88. The molecule has 0 radical (unpaired) electrons. The van der Waals surface area contributed by atoms with Gasteiger partial charge in [0.25, 0.3) is 0 Å². The van der Waals surface area contributed by atoms with E-state index in [2.05, 4.69) is 15.1 Å². The van der Waals surface area contributed by atoms with Crippen molar-refractivity contribution in [3.05, 3.63) is 60.2 Å². The fourth-order valence-corrected chi connectivity index (χ4v) is 4.07. The maximum Gasteiger partial charge on any atom is 0.230 e. The van der Waals surface area contributed by atoms with Gasteiger partial charge in [0.2, 0.25) is 5.91 Å². The van der Waals surface area contributed by atoms with Crippen molar-refractivity contribution in [1.82, 2.24) is 15.1 Å². The molecule has 1 saturated heterocycles. The normalized spacial score (nSPS) is 16.0. The van der Waals surface area contributed by atoms with E-state index in [4.69, 9.17) is 9.47 Å². The molecular weight excluding hydrogens is 423 g/mol. The van der Waals surface area contributed by atoms with E-state index in [1.54, 1.807) is 18.3 Å². The summed E-state index contributed by atoms with van der Waals surface area (Å²) >= 11 is 0. The third-order valence-corrected chi connectivity index (χ3v) is 5.90. The van der Waals surface area contributed by atoms with Crippen LogP contribution in [0.5, 0.6) is 11.5 Å². The molecule has 7 nitrogen and oxygen atoms in total. The highest BCUT2D eigenvalue weighted by molar-refractivity contribution is 5.98. The molecule has 0 saturated carbocycles. The largest absolute Gasteiger partial charge is 0.494 e. The zero-order chi connectivity index (χ0) is 23.4. The summed E-state index contributed by atoms with van der Waals surface area (Å²) in [6, 6.07) is 10.6. The van der Waals surface area contributed by atoms with Crippen LogP contribution in [0.25, 0.3) is 11.1 Å². The standard InChI is InChI=1S/C25H29FN4O3/c1-29(2)10-11-33-23-14-20(5-6-21(23)19-15-27-28-16-19)30-9-8-18(25(30)31)12-17-4-7-22(26)24(13-17)32-3/h4-7,13-16,18H,8-12H2,1-3H3,(H,27,28). The first-order valence-electron chi connectivity index (χ1n) is 11.0. The zero-order valence-electron chi connectivity index (χ0n) is 19.2. The van der Waals surface area contributed by atoms with Crippen LogP contribution in [0.3, 0.4) is 0 Å². The first-order chi connectivity index (χ1) is 16.0. The molecule has 1 aliphatic rings. The van der Waals surface area contributed by atoms with Gasteiger partial charge in [-0.15, -0.1) is 0 Å². The van der Waals surface area contributed by atoms with E-state index in [0.29, 0.717) is 19.6 Å². The molecular formula is C25H29FN4O3. The van der Waals surface area contributed by atoms with Gasteiger partial charge in [0, 0.05) is 48.1 Å². The Morgan fingerprint density at radius 3 is 2.79 bits per heavy atom. The lowest BCUT2D eigenvalue weighted by Gasteiger charge is -2.20. The third-order valence-electron chi connectivity index (χ3n) is 5.90. The first kappa shape index (κ1) is 22.8. The summed E-state index contributed by atoms with van der Waals surface area (Å²) in [5.41, 5.74) is 3.55. The second-order valence-corrected chi connectivity index (χ2v) is 8.47. The van der Waals surface area contributed by atoms with Gasteiger partial charge < -0.3 is 19.3 Å². The van der Waals surface area contributed by atoms with Crippen LogP contribution in [0.2, 0.25) is 0 Å². The van der Waals surface area contributed by atoms with Gasteiger partial charge in [0.15, 0.2) is 11.6 Å². The molecule has 33 heavy (non-hydrogen) atoms. The molecule has 0 spiro atoms. The summed E-state index contributed by atoms with van der Waals surface area (Å²) in [6.07, 6.45) is 4.85. The van der Waals surface area contributed by atoms with Crippen LogP contribution in [0.1, 0.15) is 12.0 Å². The number of hydrogen-bond acceptors (Lipinski definition) is 5. The van der Waals surface area contributed by atoms with E-state index in [1.165, 1.54) is 13.2 Å². The van der Waals surface area contributed by atoms with Gasteiger partial charge in [-0.1, -0.05) is 6.07 Å². The van der Waals surface area contributed by atoms with E-state index in [-0.39, 0.29) is 17.6 Å². The number of halogens is 1. The van der Waals surface area contributed by atoms with Gasteiger partial charge >= 0.3 is 0 Å². The van der Waals surface area contributed by atoms with Crippen molar-refractivity contribution in [2.24, 2.45) is 5.92 Å². The number of benzene rings is 2. The average Bonchev–Trinajstić information content (AvgIpc) is 3.45. The number of nitrogens with one attached hydrogen (secondary N) is 1. The van der Waals surface area contributed by atoms with Crippen molar-refractivity contribution in [3.63, 3.8) is 0 Å². The molecule has 1 unspecified atom stereocenters. The molecule has 4 rings (SSSR count). The number of aromatic nitrogens is 2. The molecule has 1 atom stereocenters. The number of ether oxygens (including phenoxy) is 2. The van der Waals surface area contributed by atoms with Crippen LogP contribution in [0, 0.1) is 11.7 Å². The Morgan fingerprint density at radius 1 is 1.21 bits per heavy atom. The van der Waals surface area contributed by atoms with Gasteiger partial charge in [-0.2, -0.15) is 5.10 Å². The number of amides is 1. The number of anilines is 1. The quantitative estimate of drug-likeness (QED) is 0.535. The van der Waals surface area contributed by atoms with Gasteiger partial charge in [-0.25, -0.2) is 4.39 Å². The van der Waals surface area contributed by atoms with Crippen LogP contribution in [0.15, 0.2) is 48.8 Å². The topological polar surface area (TPSA) is 70.7 Å². The zero-order valence-corrected chi connectivity index (χ0v) is 19.2. The minimum atomic E-state index is -0.403. The van der Waals surface area contributed by atoms with E-state index in [9.17, 15) is 9.18 Å². The van der Waals surface area contributed by atoms with Crippen LogP contribution >= 0.6 is 0 Å². The lowest BCUT2D eigenvalue weighted by atomic mass is 9.98. The molecule has 2 aromatic carbocycles. The predicted octanol–water partition coefficient (Wildman–Crippen LogP) is 3.76. The summed E-state index contributed by atoms with van der Waals surface area (Å²) < 4.78 is 24.9. The molecule has 1 N–H and O–H groups in total. The molecule has 174 valence electrons. The van der Waals surface area contributed by atoms with Crippen molar-refractivity contribution in [2.75, 3.05) is 45.8 Å². The summed E-state index contributed by atoms with van der Waals surface area (Å²) in [7, 11) is 5.43. The second kappa shape index (κ2) is 10.0. The number of hydrogen-bond donors (Lipinski definition) is 1. The molecule has 8 heteroatoms. The fraction of sp³-hybridized carbons (Fsp3) is 0.360. The van der Waals surface area contributed by atoms with E-state index in [1.807, 2.05) is 43.4 Å². The maximum absolute atomic E-state index is 13.7. The number of aromatic amines is 1. The fourth-order valence-electron chi connectivity index (χ4n) is 4.07. The highest BCUT2D eigenvalue weighted by Crippen LogP contribution is 2.36. The maximum atomic E-state index is 13.7.